The Bertz CT molecular complexity index is 380. The first-order valence-electron chi connectivity index (χ1n) is 4.74. The lowest BCUT2D eigenvalue weighted by atomic mass is 10.2. The standard InChI is InChI=1S/C8H10F3N3O2S/c1-2-3-5-6(17-14-12-5)7(15)13-16-4-8(9,10)11/h2-4H2,1H3,(H,13,15). The first-order chi connectivity index (χ1) is 7.94. The average molecular weight is 269 g/mol. The van der Waals surface area contributed by atoms with E-state index in [0.29, 0.717) is 12.1 Å². The van der Waals surface area contributed by atoms with Crippen LogP contribution in [-0.4, -0.2) is 28.3 Å². The van der Waals surface area contributed by atoms with Gasteiger partial charge in [0.05, 0.1) is 5.69 Å². The molecule has 1 N–H and O–H groups in total. The molecule has 0 bridgehead atoms. The van der Waals surface area contributed by atoms with Crippen molar-refractivity contribution in [3.05, 3.63) is 10.6 Å². The van der Waals surface area contributed by atoms with Crippen LogP contribution < -0.4 is 5.48 Å². The van der Waals surface area contributed by atoms with E-state index in [0.717, 1.165) is 18.0 Å². The van der Waals surface area contributed by atoms with E-state index in [9.17, 15) is 18.0 Å². The van der Waals surface area contributed by atoms with Gasteiger partial charge in [0.1, 0.15) is 4.88 Å². The number of rotatable bonds is 5. The molecule has 5 nitrogen and oxygen atoms in total. The first-order valence-corrected chi connectivity index (χ1v) is 5.51. The highest BCUT2D eigenvalue weighted by Crippen LogP contribution is 2.15. The molecular weight excluding hydrogens is 259 g/mol. The molecule has 1 aromatic heterocycles. The Morgan fingerprint density at radius 1 is 1.53 bits per heavy atom. The highest BCUT2D eigenvalue weighted by molar-refractivity contribution is 7.07. The molecule has 0 unspecified atom stereocenters. The number of halogens is 3. The van der Waals surface area contributed by atoms with Crippen molar-refractivity contribution in [1.82, 2.24) is 15.1 Å². The van der Waals surface area contributed by atoms with Crippen molar-refractivity contribution < 1.29 is 22.8 Å². The highest BCUT2D eigenvalue weighted by atomic mass is 32.1. The molecule has 0 aliphatic heterocycles. The quantitative estimate of drug-likeness (QED) is 0.826. The maximum Gasteiger partial charge on any atom is 0.414 e. The monoisotopic (exact) mass is 269 g/mol. The van der Waals surface area contributed by atoms with Crippen LogP contribution >= 0.6 is 11.5 Å². The van der Waals surface area contributed by atoms with E-state index in [1.807, 2.05) is 6.92 Å². The van der Waals surface area contributed by atoms with Crippen LogP contribution in [0.5, 0.6) is 0 Å². The van der Waals surface area contributed by atoms with E-state index in [1.165, 1.54) is 0 Å². The molecular formula is C8H10F3N3O2S. The number of carbonyl (C=O) groups excluding carboxylic acids is 1. The Hall–Kier alpha value is -1.22. The van der Waals surface area contributed by atoms with E-state index in [-0.39, 0.29) is 4.88 Å². The molecule has 0 fully saturated rings. The predicted molar refractivity (Wildman–Crippen MR) is 53.4 cm³/mol. The molecule has 0 aromatic carbocycles. The summed E-state index contributed by atoms with van der Waals surface area (Å²) in [5.41, 5.74) is 2.18. The largest absolute Gasteiger partial charge is 0.414 e. The minimum atomic E-state index is -4.48. The van der Waals surface area contributed by atoms with Gasteiger partial charge in [-0.3, -0.25) is 9.63 Å². The molecule has 0 atom stereocenters. The summed E-state index contributed by atoms with van der Waals surface area (Å²) in [7, 11) is 0. The van der Waals surface area contributed by atoms with Crippen molar-refractivity contribution in [3.63, 3.8) is 0 Å². The number of nitrogens with one attached hydrogen (secondary N) is 1. The number of alkyl halides is 3. The Labute approximate surface area is 99.1 Å². The van der Waals surface area contributed by atoms with Crippen LogP contribution in [0.4, 0.5) is 13.2 Å². The fraction of sp³-hybridized carbons (Fsp3) is 0.625. The van der Waals surface area contributed by atoms with Gasteiger partial charge in [0.2, 0.25) is 0 Å². The molecule has 0 saturated carbocycles. The maximum atomic E-state index is 11.8. The number of nitrogens with zero attached hydrogens (tertiary/aromatic N) is 2. The Kier molecular flexibility index (Phi) is 4.82. The van der Waals surface area contributed by atoms with E-state index in [4.69, 9.17) is 0 Å². The SMILES string of the molecule is CCCc1nnsc1C(=O)NOCC(F)(F)F. The fourth-order valence-electron chi connectivity index (χ4n) is 1.01. The third-order valence-corrected chi connectivity index (χ3v) is 2.42. The molecule has 1 amide bonds. The minimum Gasteiger partial charge on any atom is -0.266 e. The number of carbonyl (C=O) groups is 1. The van der Waals surface area contributed by atoms with Gasteiger partial charge in [0, 0.05) is 0 Å². The number of amides is 1. The van der Waals surface area contributed by atoms with E-state index >= 15 is 0 Å². The third-order valence-electron chi connectivity index (χ3n) is 1.65. The lowest BCUT2D eigenvalue weighted by Crippen LogP contribution is -2.29. The van der Waals surface area contributed by atoms with Crippen LogP contribution in [0, 0.1) is 0 Å². The smallest absolute Gasteiger partial charge is 0.266 e. The average Bonchev–Trinajstić information content (AvgIpc) is 2.64. The van der Waals surface area contributed by atoms with Gasteiger partial charge in [0.25, 0.3) is 5.91 Å². The molecule has 0 aliphatic carbocycles. The molecule has 1 heterocycles. The number of hydroxylamine groups is 1. The molecule has 0 radical (unpaired) electrons. The summed E-state index contributed by atoms with van der Waals surface area (Å²) < 4.78 is 38.8. The van der Waals surface area contributed by atoms with Gasteiger partial charge in [-0.1, -0.05) is 17.8 Å². The van der Waals surface area contributed by atoms with Gasteiger partial charge in [-0.25, -0.2) is 5.48 Å². The van der Waals surface area contributed by atoms with E-state index in [2.05, 4.69) is 14.4 Å². The number of aromatic nitrogens is 2. The first kappa shape index (κ1) is 13.8. The number of hydrogen-bond donors (Lipinski definition) is 1. The van der Waals surface area contributed by atoms with Crippen molar-refractivity contribution in [3.8, 4) is 0 Å². The molecule has 9 heteroatoms. The Morgan fingerprint density at radius 3 is 2.82 bits per heavy atom. The Morgan fingerprint density at radius 2 is 2.24 bits per heavy atom. The van der Waals surface area contributed by atoms with Gasteiger partial charge in [-0.15, -0.1) is 5.10 Å². The van der Waals surface area contributed by atoms with Crippen LogP contribution in [0.25, 0.3) is 0 Å². The summed E-state index contributed by atoms with van der Waals surface area (Å²) in [6, 6.07) is 0. The molecule has 0 spiro atoms. The van der Waals surface area contributed by atoms with E-state index in [1.54, 1.807) is 5.48 Å². The minimum absolute atomic E-state index is 0.175. The fourth-order valence-corrected chi connectivity index (χ4v) is 1.61. The zero-order chi connectivity index (χ0) is 12.9. The third kappa shape index (κ3) is 4.65. The molecule has 1 rings (SSSR count). The molecule has 1 aromatic rings. The summed E-state index contributed by atoms with van der Waals surface area (Å²) in [6.45, 7) is 0.356. The summed E-state index contributed by atoms with van der Waals surface area (Å²) in [5.74, 6) is -0.757. The van der Waals surface area contributed by atoms with Crippen molar-refractivity contribution in [2.45, 2.75) is 25.9 Å². The second-order valence-electron chi connectivity index (χ2n) is 3.13. The Balaban J connectivity index is 2.49. The molecule has 0 aliphatic rings. The van der Waals surface area contributed by atoms with Crippen LogP contribution in [0.15, 0.2) is 0 Å². The number of hydrogen-bond acceptors (Lipinski definition) is 5. The van der Waals surface area contributed by atoms with Gasteiger partial charge in [-0.05, 0) is 18.0 Å². The second kappa shape index (κ2) is 5.92. The summed E-state index contributed by atoms with van der Waals surface area (Å²) in [4.78, 5) is 15.6. The van der Waals surface area contributed by atoms with Gasteiger partial charge in [0.15, 0.2) is 6.61 Å². The summed E-state index contributed by atoms with van der Waals surface area (Å²) in [5, 5.41) is 3.71. The predicted octanol–water partition coefficient (Wildman–Crippen LogP) is 1.71. The molecule has 17 heavy (non-hydrogen) atoms. The van der Waals surface area contributed by atoms with Gasteiger partial charge in [-0.2, -0.15) is 13.2 Å². The van der Waals surface area contributed by atoms with Crippen LogP contribution in [0.1, 0.15) is 28.7 Å². The molecule has 0 saturated heterocycles. The summed E-state index contributed by atoms with van der Waals surface area (Å²) in [6.07, 6.45) is -3.18. The van der Waals surface area contributed by atoms with Gasteiger partial charge >= 0.3 is 6.18 Å². The zero-order valence-corrected chi connectivity index (χ0v) is 9.69. The second-order valence-corrected chi connectivity index (χ2v) is 3.89. The summed E-state index contributed by atoms with van der Waals surface area (Å²) >= 11 is 0.821. The van der Waals surface area contributed by atoms with Crippen molar-refractivity contribution in [2.75, 3.05) is 6.61 Å². The van der Waals surface area contributed by atoms with Crippen molar-refractivity contribution in [1.29, 1.82) is 0 Å². The lowest BCUT2D eigenvalue weighted by molar-refractivity contribution is -0.184. The van der Waals surface area contributed by atoms with E-state index < -0.39 is 18.7 Å². The van der Waals surface area contributed by atoms with Crippen LogP contribution in [0.3, 0.4) is 0 Å². The van der Waals surface area contributed by atoms with Crippen molar-refractivity contribution in [2.24, 2.45) is 0 Å². The van der Waals surface area contributed by atoms with Crippen LogP contribution in [-0.2, 0) is 11.3 Å². The van der Waals surface area contributed by atoms with Crippen molar-refractivity contribution >= 4 is 17.4 Å². The topological polar surface area (TPSA) is 64.1 Å². The van der Waals surface area contributed by atoms with Gasteiger partial charge < -0.3 is 0 Å². The lowest BCUT2D eigenvalue weighted by Gasteiger charge is -2.07. The maximum absolute atomic E-state index is 11.8. The number of aryl methyl sites for hydroxylation is 1. The normalized spacial score (nSPS) is 11.5. The zero-order valence-electron chi connectivity index (χ0n) is 8.87. The molecule has 96 valence electrons. The highest BCUT2D eigenvalue weighted by Gasteiger charge is 2.28. The van der Waals surface area contributed by atoms with Crippen LogP contribution in [0.2, 0.25) is 0 Å².